The van der Waals surface area contributed by atoms with Gasteiger partial charge in [0.25, 0.3) is 0 Å². The topological polar surface area (TPSA) is 95.4 Å². The van der Waals surface area contributed by atoms with Crippen molar-refractivity contribution in [1.29, 1.82) is 0 Å². The number of aromatic nitrogens is 2. The van der Waals surface area contributed by atoms with Gasteiger partial charge in [0, 0.05) is 57.6 Å². The van der Waals surface area contributed by atoms with Crippen molar-refractivity contribution in [2.75, 3.05) is 77.3 Å². The largest absolute Gasteiger partial charge is 0.495 e. The number of hydrogen-bond acceptors (Lipinski definition) is 10. The number of nitrogens with zero attached hydrogens (tertiary/aromatic N) is 5. The summed E-state index contributed by atoms with van der Waals surface area (Å²) in [6.07, 6.45) is 4.25. The highest BCUT2D eigenvalue weighted by atomic mass is 19.1. The summed E-state index contributed by atoms with van der Waals surface area (Å²) < 4.78 is 45.3. The Morgan fingerprint density at radius 1 is 0.930 bits per heavy atom. The maximum atomic E-state index is 14.5. The van der Waals surface area contributed by atoms with Gasteiger partial charge in [0.1, 0.15) is 18.2 Å². The van der Waals surface area contributed by atoms with Gasteiger partial charge in [0.2, 0.25) is 5.95 Å². The van der Waals surface area contributed by atoms with Gasteiger partial charge in [0.15, 0.2) is 17.3 Å². The number of ether oxygens (including phenoxy) is 3. The number of rotatable bonds is 10. The molecular formula is C31H40F2N6O4. The highest BCUT2D eigenvalue weighted by Gasteiger charge is 2.35. The van der Waals surface area contributed by atoms with Gasteiger partial charge < -0.3 is 34.4 Å². The van der Waals surface area contributed by atoms with Crippen LogP contribution < -0.4 is 24.4 Å². The SMILES string of the molecule is COc1cc(Nc2ncc(OCc3c(F)c(C)cc(OC)c3F)cn2)ccc1N1CCC(O)(CN2CCN(C)CC2)CC1. The summed E-state index contributed by atoms with van der Waals surface area (Å²) in [4.78, 5) is 15.5. The average Bonchev–Trinajstić information content (AvgIpc) is 3.01. The summed E-state index contributed by atoms with van der Waals surface area (Å²) in [5.41, 5.74) is 1.06. The van der Waals surface area contributed by atoms with Crippen molar-refractivity contribution >= 4 is 17.3 Å². The lowest BCUT2D eigenvalue weighted by Crippen LogP contribution is -2.54. The Bertz CT molecular complexity index is 1390. The molecule has 2 aliphatic rings. The number of piperidine rings is 1. The zero-order valence-corrected chi connectivity index (χ0v) is 25.2. The van der Waals surface area contributed by atoms with Crippen LogP contribution in [-0.2, 0) is 6.61 Å². The first kappa shape index (κ1) is 30.7. The fourth-order valence-electron chi connectivity index (χ4n) is 5.58. The van der Waals surface area contributed by atoms with E-state index >= 15 is 0 Å². The van der Waals surface area contributed by atoms with Gasteiger partial charge in [-0.3, -0.25) is 4.90 Å². The lowest BCUT2D eigenvalue weighted by Gasteiger charge is -2.43. The molecule has 1 aromatic heterocycles. The Morgan fingerprint density at radius 3 is 2.26 bits per heavy atom. The molecule has 0 aliphatic carbocycles. The second kappa shape index (κ2) is 13.3. The van der Waals surface area contributed by atoms with E-state index in [2.05, 4.69) is 37.0 Å². The van der Waals surface area contributed by atoms with Crippen molar-refractivity contribution in [1.82, 2.24) is 19.8 Å². The highest BCUT2D eigenvalue weighted by molar-refractivity contribution is 5.67. The van der Waals surface area contributed by atoms with E-state index in [-0.39, 0.29) is 29.2 Å². The van der Waals surface area contributed by atoms with Crippen LogP contribution in [0.3, 0.4) is 0 Å². The van der Waals surface area contributed by atoms with E-state index in [0.717, 1.165) is 50.6 Å². The number of likely N-dealkylation sites (N-methyl/N-ethyl adjacent to an activating group) is 1. The van der Waals surface area contributed by atoms with Crippen LogP contribution in [0.1, 0.15) is 24.0 Å². The summed E-state index contributed by atoms with van der Waals surface area (Å²) in [5.74, 6) is -0.238. The number of nitrogens with one attached hydrogen (secondary N) is 1. The highest BCUT2D eigenvalue weighted by Crippen LogP contribution is 2.36. The zero-order valence-electron chi connectivity index (χ0n) is 25.2. The Morgan fingerprint density at radius 2 is 1.60 bits per heavy atom. The summed E-state index contributed by atoms with van der Waals surface area (Å²) in [6, 6.07) is 7.10. The molecule has 10 nitrogen and oxygen atoms in total. The van der Waals surface area contributed by atoms with Gasteiger partial charge in [-0.25, -0.2) is 18.7 Å². The molecule has 5 rings (SSSR count). The molecular weight excluding hydrogens is 558 g/mol. The van der Waals surface area contributed by atoms with Crippen molar-refractivity contribution in [2.24, 2.45) is 0 Å². The number of methoxy groups -OCH3 is 2. The molecule has 2 fully saturated rings. The summed E-state index contributed by atoms with van der Waals surface area (Å²) in [6.45, 7) is 7.45. The van der Waals surface area contributed by atoms with Crippen LogP contribution in [0.4, 0.5) is 26.1 Å². The molecule has 2 aromatic carbocycles. The minimum atomic E-state index is -0.798. The molecule has 0 saturated carbocycles. The van der Waals surface area contributed by atoms with Gasteiger partial charge in [0.05, 0.1) is 43.5 Å². The van der Waals surface area contributed by atoms with Crippen LogP contribution in [-0.4, -0.2) is 97.6 Å². The molecule has 43 heavy (non-hydrogen) atoms. The lowest BCUT2D eigenvalue weighted by molar-refractivity contribution is -0.0251. The molecule has 2 aliphatic heterocycles. The third-order valence-corrected chi connectivity index (χ3v) is 8.26. The van der Waals surface area contributed by atoms with E-state index in [0.29, 0.717) is 31.1 Å². The lowest BCUT2D eigenvalue weighted by atomic mass is 9.90. The van der Waals surface area contributed by atoms with E-state index in [1.807, 2.05) is 18.2 Å². The van der Waals surface area contributed by atoms with Crippen molar-refractivity contribution in [3.05, 3.63) is 59.4 Å². The molecule has 3 heterocycles. The summed E-state index contributed by atoms with van der Waals surface area (Å²) >= 11 is 0. The summed E-state index contributed by atoms with van der Waals surface area (Å²) in [5, 5.41) is 14.4. The van der Waals surface area contributed by atoms with E-state index in [9.17, 15) is 13.9 Å². The molecule has 2 saturated heterocycles. The minimum Gasteiger partial charge on any atom is -0.495 e. The van der Waals surface area contributed by atoms with Crippen molar-refractivity contribution in [3.8, 4) is 17.2 Å². The van der Waals surface area contributed by atoms with Crippen molar-refractivity contribution < 1.29 is 28.1 Å². The van der Waals surface area contributed by atoms with Crippen LogP contribution in [0, 0.1) is 18.6 Å². The third kappa shape index (κ3) is 7.26. The van der Waals surface area contributed by atoms with Crippen LogP contribution in [0.15, 0.2) is 36.7 Å². The number of piperazine rings is 1. The van der Waals surface area contributed by atoms with E-state index in [1.165, 1.54) is 32.5 Å². The fraction of sp³-hybridized carbons (Fsp3) is 0.484. The molecule has 232 valence electrons. The van der Waals surface area contributed by atoms with E-state index < -0.39 is 17.2 Å². The number of anilines is 3. The molecule has 0 unspecified atom stereocenters. The Labute approximate surface area is 251 Å². The summed E-state index contributed by atoms with van der Waals surface area (Å²) in [7, 11) is 5.10. The average molecular weight is 599 g/mol. The maximum Gasteiger partial charge on any atom is 0.227 e. The second-order valence-corrected chi connectivity index (χ2v) is 11.3. The number of benzene rings is 2. The van der Waals surface area contributed by atoms with Crippen molar-refractivity contribution in [3.63, 3.8) is 0 Å². The van der Waals surface area contributed by atoms with E-state index in [4.69, 9.17) is 14.2 Å². The predicted octanol–water partition coefficient (Wildman–Crippen LogP) is 3.98. The number of halogens is 2. The second-order valence-electron chi connectivity index (χ2n) is 11.3. The Hall–Kier alpha value is -3.74. The van der Waals surface area contributed by atoms with Crippen LogP contribution in [0.2, 0.25) is 0 Å². The number of hydrogen-bond donors (Lipinski definition) is 2. The van der Waals surface area contributed by atoms with Gasteiger partial charge in [-0.15, -0.1) is 0 Å². The molecule has 0 radical (unpaired) electrons. The molecule has 0 bridgehead atoms. The first-order valence-corrected chi connectivity index (χ1v) is 14.5. The predicted molar refractivity (Wildman–Crippen MR) is 161 cm³/mol. The molecule has 0 atom stereocenters. The molecule has 3 aromatic rings. The Balaban J connectivity index is 1.17. The Kier molecular flexibility index (Phi) is 9.48. The standard InChI is InChI=1S/C31H40F2N6O4/c1-21-15-27(42-4)29(33)24(28(21)32)19-43-23-17-34-30(35-18-23)36-22-5-6-25(26(16-22)41-3)39-9-7-31(40,8-10-39)20-38-13-11-37(2)12-14-38/h5-6,15-18,40H,7-14,19-20H2,1-4H3,(H,34,35,36). The van der Waals surface area contributed by atoms with Crippen LogP contribution in [0.5, 0.6) is 17.2 Å². The number of aryl methyl sites for hydroxylation is 1. The smallest absolute Gasteiger partial charge is 0.227 e. The van der Waals surface area contributed by atoms with Crippen molar-refractivity contribution in [2.45, 2.75) is 32.0 Å². The number of aliphatic hydroxyl groups is 1. The minimum absolute atomic E-state index is 0.0437. The normalized spacial score (nSPS) is 17.5. The molecule has 12 heteroatoms. The molecule has 0 spiro atoms. The molecule has 2 N–H and O–H groups in total. The van der Waals surface area contributed by atoms with E-state index in [1.54, 1.807) is 7.11 Å². The zero-order chi connectivity index (χ0) is 30.6. The number of β-amino-alcohol motifs (C(OH)–C–C–N with tert-alkyl or cyclic N) is 1. The quantitative estimate of drug-likeness (QED) is 0.357. The first-order valence-electron chi connectivity index (χ1n) is 14.5. The fourth-order valence-corrected chi connectivity index (χ4v) is 5.58. The van der Waals surface area contributed by atoms with Gasteiger partial charge in [-0.1, -0.05) is 0 Å². The monoisotopic (exact) mass is 598 g/mol. The van der Waals surface area contributed by atoms with Gasteiger partial charge >= 0.3 is 0 Å². The maximum absolute atomic E-state index is 14.5. The third-order valence-electron chi connectivity index (χ3n) is 8.26. The van der Waals surface area contributed by atoms with Gasteiger partial charge in [-0.05, 0) is 50.6 Å². The van der Waals surface area contributed by atoms with Crippen LogP contribution >= 0.6 is 0 Å². The molecule has 0 amide bonds. The van der Waals surface area contributed by atoms with Gasteiger partial charge in [-0.2, -0.15) is 0 Å². The van der Waals surface area contributed by atoms with Crippen LogP contribution in [0.25, 0.3) is 0 Å². The first-order chi connectivity index (χ1) is 20.7.